The van der Waals surface area contributed by atoms with E-state index in [0.717, 1.165) is 7.11 Å². The number of methoxy groups -OCH3 is 2. The summed E-state index contributed by atoms with van der Waals surface area (Å²) in [4.78, 5) is 29.1. The van der Waals surface area contributed by atoms with Crippen molar-refractivity contribution in [3.63, 3.8) is 0 Å². The Morgan fingerprint density at radius 3 is 1.65 bits per heavy atom. The van der Waals surface area contributed by atoms with E-state index in [4.69, 9.17) is 43.1 Å². The second kappa shape index (κ2) is 19.4. The number of aliphatic hydroxyl groups is 6. The van der Waals surface area contributed by atoms with Crippen molar-refractivity contribution in [3.05, 3.63) is 0 Å². The quantitative estimate of drug-likeness (QED) is 0.0831. The minimum atomic E-state index is -1.45. The third-order valence-corrected chi connectivity index (χ3v) is 7.71. The van der Waals surface area contributed by atoms with Crippen LogP contribution in [0, 0.1) is 0 Å². The van der Waals surface area contributed by atoms with Crippen molar-refractivity contribution < 1.29 is 78.2 Å². The maximum absolute atomic E-state index is 12.0. The second-order valence-corrected chi connectivity index (χ2v) is 10.8. The molecule has 9 N–H and O–H groups in total. The van der Waals surface area contributed by atoms with Crippen molar-refractivity contribution in [2.75, 3.05) is 41.2 Å². The molecule has 3 heterocycles. The lowest BCUT2D eigenvalue weighted by Crippen LogP contribution is -2.70. The van der Waals surface area contributed by atoms with Crippen LogP contribution < -0.4 is 16.1 Å². The topological polar surface area (TPSA) is 265 Å². The van der Waals surface area contributed by atoms with Gasteiger partial charge in [0.2, 0.25) is 11.8 Å². The highest BCUT2D eigenvalue weighted by molar-refractivity contribution is 5.73. The summed E-state index contributed by atoms with van der Waals surface area (Å²) in [5, 5.41) is 65.6. The zero-order valence-electron chi connectivity index (χ0n) is 27.0. The van der Waals surface area contributed by atoms with Gasteiger partial charge in [0.25, 0.3) is 0 Å². The fourth-order valence-electron chi connectivity index (χ4n) is 5.63. The molecular formula is C27H51N3O16. The number of nitrogens with one attached hydrogen (secondary N) is 3. The van der Waals surface area contributed by atoms with Crippen molar-refractivity contribution in [1.29, 1.82) is 0 Å². The predicted octanol–water partition coefficient (Wildman–Crippen LogP) is -4.79. The highest BCUT2D eigenvalue weighted by Gasteiger charge is 2.54. The molecule has 3 fully saturated rings. The van der Waals surface area contributed by atoms with E-state index in [-0.39, 0.29) is 6.61 Å². The molecule has 15 unspecified atom stereocenters. The van der Waals surface area contributed by atoms with Crippen LogP contribution in [0.25, 0.3) is 0 Å². The molecule has 0 aromatic heterocycles. The molecule has 0 saturated carbocycles. The molecule has 3 rings (SSSR count). The first kappa shape index (κ1) is 40.5. The number of carbonyl (C=O) groups is 2. The summed E-state index contributed by atoms with van der Waals surface area (Å²) < 4.78 is 40.4. The van der Waals surface area contributed by atoms with Crippen LogP contribution in [0.5, 0.6) is 0 Å². The van der Waals surface area contributed by atoms with Crippen molar-refractivity contribution in [3.8, 4) is 0 Å². The van der Waals surface area contributed by atoms with Crippen LogP contribution in [0.15, 0.2) is 0 Å². The molecule has 3 aliphatic rings. The standard InChI is InChI=1S/C26H47N3O15.CH4O/c1-7-39-29-17-20(36)21(43-25-16(28-12(4)33)18(34)22(37-5)13(8-30)42-25)10(2)40-26(17)44-23-14(9-31)41-24(38-6)15(19(23)35)27-11(3)32;1-2/h10,13-26,29-31,34-36H,7-9H2,1-6H3,(H,27,32)(H,28,33);2H,1H3. The molecule has 46 heavy (non-hydrogen) atoms. The van der Waals surface area contributed by atoms with Gasteiger partial charge in [0.1, 0.15) is 67.0 Å². The largest absolute Gasteiger partial charge is 0.400 e. The molecule has 3 aliphatic heterocycles. The van der Waals surface area contributed by atoms with E-state index < -0.39 is 117 Å². The molecule has 0 aliphatic carbocycles. The summed E-state index contributed by atoms with van der Waals surface area (Å²) in [6.45, 7) is 4.79. The molecule has 19 nitrogen and oxygen atoms in total. The first-order chi connectivity index (χ1) is 21.9. The van der Waals surface area contributed by atoms with Gasteiger partial charge in [-0.05, 0) is 13.8 Å². The Labute approximate surface area is 267 Å². The van der Waals surface area contributed by atoms with Crippen molar-refractivity contribution >= 4 is 11.8 Å². The van der Waals surface area contributed by atoms with Gasteiger partial charge >= 0.3 is 0 Å². The van der Waals surface area contributed by atoms with Gasteiger partial charge in [-0.25, -0.2) is 0 Å². The number of amides is 2. The lowest BCUT2D eigenvalue weighted by molar-refractivity contribution is -0.354. The van der Waals surface area contributed by atoms with Gasteiger partial charge in [0.15, 0.2) is 18.9 Å². The second-order valence-electron chi connectivity index (χ2n) is 10.8. The van der Waals surface area contributed by atoms with Crippen molar-refractivity contribution in [2.24, 2.45) is 0 Å². The molecule has 0 aromatic rings. The SMILES string of the molecule is CCONC1C(OC2C(CO)OC(OC)C(NC(C)=O)C2O)OC(C)C(OC2OC(CO)C(OC)C(O)C2NC(C)=O)C1O.CO. The highest BCUT2D eigenvalue weighted by atomic mass is 16.8. The maximum Gasteiger partial charge on any atom is 0.217 e. The average Bonchev–Trinajstić information content (AvgIpc) is 3.02. The van der Waals surface area contributed by atoms with Gasteiger partial charge in [0.05, 0.1) is 25.9 Å². The van der Waals surface area contributed by atoms with Crippen LogP contribution in [0.3, 0.4) is 0 Å². The van der Waals surface area contributed by atoms with Gasteiger partial charge < -0.3 is 79.3 Å². The van der Waals surface area contributed by atoms with E-state index in [0.29, 0.717) is 0 Å². The molecule has 15 atom stereocenters. The third kappa shape index (κ3) is 9.71. The number of hydrogen-bond donors (Lipinski definition) is 9. The summed E-state index contributed by atoms with van der Waals surface area (Å²) in [5.41, 5.74) is 2.67. The monoisotopic (exact) mass is 673 g/mol. The molecule has 2 amide bonds. The fraction of sp³-hybridized carbons (Fsp3) is 0.926. The lowest BCUT2D eigenvalue weighted by Gasteiger charge is -2.50. The van der Waals surface area contributed by atoms with E-state index in [1.54, 1.807) is 13.8 Å². The summed E-state index contributed by atoms with van der Waals surface area (Å²) in [5.74, 6) is -0.969. The number of carbonyl (C=O) groups excluding carboxylic acids is 2. The molecule has 0 radical (unpaired) electrons. The Bertz CT molecular complexity index is 922. The fourth-order valence-corrected chi connectivity index (χ4v) is 5.63. The van der Waals surface area contributed by atoms with E-state index >= 15 is 0 Å². The van der Waals surface area contributed by atoms with E-state index in [1.807, 2.05) is 0 Å². The average molecular weight is 674 g/mol. The van der Waals surface area contributed by atoms with E-state index in [9.17, 15) is 35.1 Å². The molecule has 0 spiro atoms. The Morgan fingerprint density at radius 2 is 1.15 bits per heavy atom. The first-order valence-electron chi connectivity index (χ1n) is 14.9. The smallest absolute Gasteiger partial charge is 0.217 e. The summed E-state index contributed by atoms with van der Waals surface area (Å²) in [6.07, 6.45) is -14.5. The van der Waals surface area contributed by atoms with E-state index in [1.165, 1.54) is 28.1 Å². The van der Waals surface area contributed by atoms with E-state index in [2.05, 4.69) is 16.1 Å². The zero-order valence-corrected chi connectivity index (χ0v) is 27.0. The van der Waals surface area contributed by atoms with Crippen molar-refractivity contribution in [1.82, 2.24) is 16.1 Å². The normalized spacial score (nSPS) is 41.2. The Hall–Kier alpha value is -1.66. The maximum atomic E-state index is 12.0. The number of ether oxygens (including phenoxy) is 7. The van der Waals surface area contributed by atoms with Gasteiger partial charge in [-0.1, -0.05) is 0 Å². The van der Waals surface area contributed by atoms with Crippen LogP contribution in [0.4, 0.5) is 0 Å². The van der Waals surface area contributed by atoms with Crippen LogP contribution in [0.1, 0.15) is 27.7 Å². The van der Waals surface area contributed by atoms with Crippen LogP contribution >= 0.6 is 0 Å². The summed E-state index contributed by atoms with van der Waals surface area (Å²) in [6, 6.07) is -3.39. The number of hydroxylamine groups is 1. The Morgan fingerprint density at radius 1 is 0.696 bits per heavy atom. The van der Waals surface area contributed by atoms with Gasteiger partial charge in [-0.2, -0.15) is 5.48 Å². The van der Waals surface area contributed by atoms with Gasteiger partial charge in [-0.3, -0.25) is 9.59 Å². The molecular weight excluding hydrogens is 622 g/mol. The van der Waals surface area contributed by atoms with Crippen LogP contribution in [-0.2, 0) is 47.6 Å². The number of aliphatic hydroxyl groups excluding tert-OH is 6. The van der Waals surface area contributed by atoms with Crippen LogP contribution in [-0.4, -0.2) is 176 Å². The molecule has 270 valence electrons. The van der Waals surface area contributed by atoms with Gasteiger partial charge in [-0.15, -0.1) is 0 Å². The first-order valence-corrected chi connectivity index (χ1v) is 14.9. The lowest BCUT2D eigenvalue weighted by atomic mass is 9.94. The highest BCUT2D eigenvalue weighted by Crippen LogP contribution is 2.33. The Balaban J connectivity index is 0.00000361. The van der Waals surface area contributed by atoms with Crippen LogP contribution in [0.2, 0.25) is 0 Å². The molecule has 0 aromatic carbocycles. The molecule has 19 heteroatoms. The van der Waals surface area contributed by atoms with Crippen molar-refractivity contribution in [2.45, 2.75) is 120 Å². The number of rotatable bonds is 13. The third-order valence-electron chi connectivity index (χ3n) is 7.71. The number of hydrogen-bond acceptors (Lipinski definition) is 17. The molecule has 3 saturated heterocycles. The minimum absolute atomic E-state index is 0.171. The molecule has 0 bridgehead atoms. The summed E-state index contributed by atoms with van der Waals surface area (Å²) in [7, 11) is 3.64. The zero-order chi connectivity index (χ0) is 34.7. The van der Waals surface area contributed by atoms with Gasteiger partial charge in [0, 0.05) is 35.2 Å². The predicted molar refractivity (Wildman–Crippen MR) is 153 cm³/mol. The minimum Gasteiger partial charge on any atom is -0.400 e. The summed E-state index contributed by atoms with van der Waals surface area (Å²) >= 11 is 0. The Kier molecular flexibility index (Phi) is 17.1.